The fraction of sp³-hybridized carbons (Fsp3) is 0.294. The third-order valence-corrected chi connectivity index (χ3v) is 3.51. The van der Waals surface area contributed by atoms with Crippen molar-refractivity contribution in [1.29, 1.82) is 0 Å². The summed E-state index contributed by atoms with van der Waals surface area (Å²) in [5.74, 6) is 0.199. The van der Waals surface area contributed by atoms with Crippen LogP contribution in [0.5, 0.6) is 5.75 Å². The number of urea groups is 1. The maximum Gasteiger partial charge on any atom is 0.317 e. The van der Waals surface area contributed by atoms with Gasteiger partial charge in [-0.2, -0.15) is 0 Å². The number of hydrogen-bond acceptors (Lipinski definition) is 3. The van der Waals surface area contributed by atoms with Gasteiger partial charge in [-0.3, -0.25) is 10.1 Å². The van der Waals surface area contributed by atoms with Crippen LogP contribution in [0.3, 0.4) is 0 Å². The lowest BCUT2D eigenvalue weighted by Gasteiger charge is -2.10. The van der Waals surface area contributed by atoms with Crippen LogP contribution in [-0.2, 0) is 0 Å². The summed E-state index contributed by atoms with van der Waals surface area (Å²) in [4.78, 5) is 25.6. The van der Waals surface area contributed by atoms with Crippen LogP contribution in [0.25, 0.3) is 11.3 Å². The normalized spacial score (nSPS) is 10.4. The fourth-order valence-electron chi connectivity index (χ4n) is 2.36. The van der Waals surface area contributed by atoms with E-state index in [0.29, 0.717) is 18.1 Å². The summed E-state index contributed by atoms with van der Waals surface area (Å²) >= 11 is 0. The number of nitrogens with two attached hydrogens (primary N) is 2. The Morgan fingerprint density at radius 1 is 1.21 bits per heavy atom. The summed E-state index contributed by atoms with van der Waals surface area (Å²) in [5.41, 5.74) is 12.0. The Labute approximate surface area is 140 Å². The van der Waals surface area contributed by atoms with E-state index in [1.54, 1.807) is 6.07 Å². The minimum absolute atomic E-state index is 0.157. The van der Waals surface area contributed by atoms with Crippen molar-refractivity contribution >= 4 is 17.8 Å². The second kappa shape index (κ2) is 8.05. The molecule has 0 fully saturated rings. The van der Waals surface area contributed by atoms with Crippen LogP contribution in [0.1, 0.15) is 36.5 Å². The number of rotatable bonds is 8. The van der Waals surface area contributed by atoms with Crippen LogP contribution < -0.4 is 21.5 Å². The molecule has 128 valence electrons. The second-order valence-corrected chi connectivity index (χ2v) is 5.38. The molecule has 0 saturated carbocycles. The average molecular weight is 330 g/mol. The number of anilines is 1. The van der Waals surface area contributed by atoms with Gasteiger partial charge in [0.25, 0.3) is 5.91 Å². The van der Waals surface area contributed by atoms with Crippen molar-refractivity contribution in [2.45, 2.75) is 26.2 Å². The number of nitrogens with one attached hydrogen (secondary N) is 2. The Morgan fingerprint density at radius 3 is 2.62 bits per heavy atom. The molecule has 0 saturated heterocycles. The highest BCUT2D eigenvalue weighted by atomic mass is 16.5. The number of unbranched alkanes of at least 4 members (excludes halogenated alkanes) is 2. The number of carbonyl (C=O) groups is 2. The third-order valence-electron chi connectivity index (χ3n) is 3.51. The molecule has 0 unspecified atom stereocenters. The zero-order valence-electron chi connectivity index (χ0n) is 13.6. The molecule has 0 radical (unpaired) electrons. The molecule has 2 aromatic rings. The number of amides is 3. The zero-order chi connectivity index (χ0) is 17.5. The van der Waals surface area contributed by atoms with Crippen molar-refractivity contribution in [2.75, 3.05) is 11.9 Å². The molecule has 1 aromatic carbocycles. The Kier molecular flexibility index (Phi) is 5.83. The minimum atomic E-state index is -0.782. The molecule has 1 aromatic heterocycles. The van der Waals surface area contributed by atoms with E-state index in [-0.39, 0.29) is 11.4 Å². The Bertz CT molecular complexity index is 724. The lowest BCUT2D eigenvalue weighted by molar-refractivity contribution is 0.100. The lowest BCUT2D eigenvalue weighted by atomic mass is 10.1. The summed E-state index contributed by atoms with van der Waals surface area (Å²) < 4.78 is 5.84. The van der Waals surface area contributed by atoms with Gasteiger partial charge in [0.1, 0.15) is 11.6 Å². The first-order valence-electron chi connectivity index (χ1n) is 7.84. The van der Waals surface area contributed by atoms with E-state index < -0.39 is 11.9 Å². The highest BCUT2D eigenvalue weighted by Crippen LogP contribution is 2.32. The van der Waals surface area contributed by atoms with Gasteiger partial charge in [0.05, 0.1) is 17.9 Å². The standard InChI is InChI=1S/C17H22N4O3/c1-2-3-6-9-24-14-8-5-4-7-11(14)13-10-12(15(18)22)16(20-13)21-17(19)23/h4-5,7-8,10,20H,2-3,6,9H2,1H3,(H2,18,22)(H3,19,21,23). The number of benzene rings is 1. The molecule has 3 amide bonds. The zero-order valence-corrected chi connectivity index (χ0v) is 13.6. The van der Waals surface area contributed by atoms with Gasteiger partial charge in [0.15, 0.2) is 0 Å². The largest absolute Gasteiger partial charge is 0.493 e. The molecule has 6 N–H and O–H groups in total. The van der Waals surface area contributed by atoms with Gasteiger partial charge in [-0.25, -0.2) is 4.79 Å². The summed E-state index contributed by atoms with van der Waals surface area (Å²) in [6.07, 6.45) is 3.19. The molecule has 2 rings (SSSR count). The number of H-pyrrole nitrogens is 1. The minimum Gasteiger partial charge on any atom is -0.493 e. The smallest absolute Gasteiger partial charge is 0.317 e. The molecule has 0 aliphatic rings. The summed E-state index contributed by atoms with van der Waals surface area (Å²) in [5, 5.41) is 2.37. The lowest BCUT2D eigenvalue weighted by Crippen LogP contribution is -2.22. The SMILES string of the molecule is CCCCCOc1ccccc1-c1cc(C(N)=O)c(NC(N)=O)[nH]1. The van der Waals surface area contributed by atoms with E-state index in [4.69, 9.17) is 16.2 Å². The van der Waals surface area contributed by atoms with Crippen molar-refractivity contribution in [3.8, 4) is 17.0 Å². The maximum atomic E-state index is 11.6. The van der Waals surface area contributed by atoms with Crippen molar-refractivity contribution in [3.63, 3.8) is 0 Å². The second-order valence-electron chi connectivity index (χ2n) is 5.38. The Hall–Kier alpha value is -2.96. The first-order valence-corrected chi connectivity index (χ1v) is 7.84. The fourth-order valence-corrected chi connectivity index (χ4v) is 2.36. The quantitative estimate of drug-likeness (QED) is 0.556. The van der Waals surface area contributed by atoms with Crippen molar-refractivity contribution < 1.29 is 14.3 Å². The first kappa shape index (κ1) is 17.4. The van der Waals surface area contributed by atoms with Crippen molar-refractivity contribution in [2.24, 2.45) is 11.5 Å². The highest BCUT2D eigenvalue weighted by molar-refractivity contribution is 6.03. The number of para-hydroxylation sites is 1. The molecular weight excluding hydrogens is 308 g/mol. The van der Waals surface area contributed by atoms with Crippen LogP contribution in [-0.4, -0.2) is 23.5 Å². The van der Waals surface area contributed by atoms with Gasteiger partial charge in [0, 0.05) is 5.56 Å². The van der Waals surface area contributed by atoms with E-state index in [2.05, 4.69) is 17.2 Å². The van der Waals surface area contributed by atoms with Gasteiger partial charge < -0.3 is 21.2 Å². The third kappa shape index (κ3) is 4.28. The van der Waals surface area contributed by atoms with Crippen molar-refractivity contribution in [3.05, 3.63) is 35.9 Å². The number of aromatic nitrogens is 1. The summed E-state index contributed by atoms with van der Waals surface area (Å²) in [7, 11) is 0. The summed E-state index contributed by atoms with van der Waals surface area (Å²) in [6, 6.07) is 8.24. The Morgan fingerprint density at radius 2 is 1.96 bits per heavy atom. The molecule has 7 nitrogen and oxygen atoms in total. The molecule has 0 aliphatic heterocycles. The monoisotopic (exact) mass is 330 g/mol. The molecule has 0 spiro atoms. The van der Waals surface area contributed by atoms with Gasteiger partial charge in [0.2, 0.25) is 0 Å². The molecule has 24 heavy (non-hydrogen) atoms. The van der Waals surface area contributed by atoms with Crippen molar-refractivity contribution in [1.82, 2.24) is 4.98 Å². The van der Waals surface area contributed by atoms with Gasteiger partial charge in [-0.15, -0.1) is 0 Å². The molecular formula is C17H22N4O3. The van der Waals surface area contributed by atoms with Crippen LogP contribution in [0, 0.1) is 0 Å². The van der Waals surface area contributed by atoms with Gasteiger partial charge >= 0.3 is 6.03 Å². The highest BCUT2D eigenvalue weighted by Gasteiger charge is 2.17. The van der Waals surface area contributed by atoms with E-state index in [0.717, 1.165) is 24.8 Å². The number of hydrogen-bond donors (Lipinski definition) is 4. The number of aromatic amines is 1. The maximum absolute atomic E-state index is 11.6. The van der Waals surface area contributed by atoms with Crippen LogP contribution in [0.15, 0.2) is 30.3 Å². The predicted molar refractivity (Wildman–Crippen MR) is 93.0 cm³/mol. The predicted octanol–water partition coefficient (Wildman–Crippen LogP) is 2.84. The molecule has 1 heterocycles. The topological polar surface area (TPSA) is 123 Å². The number of ether oxygens (including phenoxy) is 1. The Balaban J connectivity index is 2.31. The van der Waals surface area contributed by atoms with E-state index in [9.17, 15) is 9.59 Å². The average Bonchev–Trinajstić information content (AvgIpc) is 2.95. The number of carbonyl (C=O) groups excluding carboxylic acids is 2. The van der Waals surface area contributed by atoms with Crippen LogP contribution in [0.4, 0.5) is 10.6 Å². The molecule has 0 aliphatic carbocycles. The van der Waals surface area contributed by atoms with Gasteiger partial charge in [-0.05, 0) is 24.6 Å². The van der Waals surface area contributed by atoms with E-state index in [1.165, 1.54) is 0 Å². The first-order chi connectivity index (χ1) is 11.5. The molecule has 0 bridgehead atoms. The van der Waals surface area contributed by atoms with E-state index >= 15 is 0 Å². The van der Waals surface area contributed by atoms with E-state index in [1.807, 2.05) is 24.3 Å². The van der Waals surface area contributed by atoms with Crippen LogP contribution >= 0.6 is 0 Å². The number of primary amides is 2. The van der Waals surface area contributed by atoms with Crippen LogP contribution in [0.2, 0.25) is 0 Å². The van der Waals surface area contributed by atoms with Gasteiger partial charge in [-0.1, -0.05) is 31.9 Å². The summed E-state index contributed by atoms with van der Waals surface area (Å²) in [6.45, 7) is 2.74. The molecule has 0 atom stereocenters. The molecule has 7 heteroatoms.